The van der Waals surface area contributed by atoms with Gasteiger partial charge >= 0.3 is 5.97 Å². The third-order valence-corrected chi connectivity index (χ3v) is 6.12. The lowest BCUT2D eigenvalue weighted by atomic mass is 9.93. The van der Waals surface area contributed by atoms with Crippen LogP contribution in [0.4, 0.5) is 5.69 Å². The molecule has 166 valence electrons. The average molecular weight is 426 g/mol. The zero-order chi connectivity index (χ0) is 22.2. The van der Waals surface area contributed by atoms with E-state index in [1.807, 2.05) is 43.7 Å². The Bertz CT molecular complexity index is 996. The molecule has 7 heteroatoms. The highest BCUT2D eigenvalue weighted by Gasteiger charge is 2.30. The second kappa shape index (κ2) is 8.36. The first kappa shape index (κ1) is 21.4. The summed E-state index contributed by atoms with van der Waals surface area (Å²) in [5.74, 6) is -0.206. The van der Waals surface area contributed by atoms with E-state index in [-0.39, 0.29) is 23.8 Å². The number of carbonyl (C=O) groups excluding carboxylic acids is 3. The maximum Gasteiger partial charge on any atom is 0.306 e. The monoisotopic (exact) mass is 425 g/mol. The predicted octanol–water partition coefficient (Wildman–Crippen LogP) is 3.57. The van der Waals surface area contributed by atoms with Gasteiger partial charge in [0.2, 0.25) is 11.8 Å². The Kier molecular flexibility index (Phi) is 5.77. The van der Waals surface area contributed by atoms with Gasteiger partial charge in [-0.3, -0.25) is 19.7 Å². The number of rotatable bonds is 4. The molecule has 2 aliphatic rings. The van der Waals surface area contributed by atoms with E-state index in [0.717, 1.165) is 42.5 Å². The van der Waals surface area contributed by atoms with Gasteiger partial charge in [-0.2, -0.15) is 0 Å². The lowest BCUT2D eigenvalue weighted by molar-refractivity contribution is -0.156. The number of esters is 1. The number of hydrogen-bond donors (Lipinski definition) is 1. The maximum atomic E-state index is 12.3. The van der Waals surface area contributed by atoms with E-state index < -0.39 is 5.60 Å². The number of hydrogen-bond acceptors (Lipinski definition) is 5. The van der Waals surface area contributed by atoms with Gasteiger partial charge in [-0.05, 0) is 64.2 Å². The third-order valence-electron chi connectivity index (χ3n) is 6.12. The molecule has 2 amide bonds. The van der Waals surface area contributed by atoms with Crippen molar-refractivity contribution in [2.24, 2.45) is 5.92 Å². The first-order chi connectivity index (χ1) is 14.7. The first-order valence-electron chi connectivity index (χ1n) is 11.1. The molecular formula is C24H31N3O4. The van der Waals surface area contributed by atoms with Gasteiger partial charge in [0.05, 0.1) is 5.52 Å². The van der Waals surface area contributed by atoms with Crippen molar-refractivity contribution >= 4 is 34.4 Å². The van der Waals surface area contributed by atoms with E-state index in [1.54, 1.807) is 0 Å². The predicted molar refractivity (Wildman–Crippen MR) is 119 cm³/mol. The number of benzene rings is 1. The van der Waals surface area contributed by atoms with Gasteiger partial charge in [-0.15, -0.1) is 0 Å². The Morgan fingerprint density at radius 1 is 1.13 bits per heavy atom. The summed E-state index contributed by atoms with van der Waals surface area (Å²) in [4.78, 5) is 38.4. The normalized spacial score (nSPS) is 20.7. The van der Waals surface area contributed by atoms with Crippen molar-refractivity contribution in [2.75, 3.05) is 18.0 Å². The molecule has 2 aliphatic heterocycles. The van der Waals surface area contributed by atoms with Crippen LogP contribution in [0.2, 0.25) is 0 Å². The van der Waals surface area contributed by atoms with E-state index in [4.69, 9.17) is 4.74 Å². The number of carbonyl (C=O) groups is 3. The SMILES string of the molecule is CC(C)(C)OC(=O)CC1CCN(c2cccc3c2ccn3[C@@H]2CCC(=O)NC2=O)CC1. The van der Waals surface area contributed by atoms with Crippen molar-refractivity contribution in [3.8, 4) is 0 Å². The van der Waals surface area contributed by atoms with Crippen molar-refractivity contribution in [1.29, 1.82) is 0 Å². The van der Waals surface area contributed by atoms with E-state index in [9.17, 15) is 14.4 Å². The molecule has 0 saturated carbocycles. The zero-order valence-corrected chi connectivity index (χ0v) is 18.5. The second-order valence-electron chi connectivity index (χ2n) is 9.62. The molecule has 0 unspecified atom stereocenters. The summed E-state index contributed by atoms with van der Waals surface area (Å²) in [6.07, 6.45) is 5.20. The van der Waals surface area contributed by atoms with Crippen molar-refractivity contribution in [3.05, 3.63) is 30.5 Å². The van der Waals surface area contributed by atoms with Crippen LogP contribution in [-0.2, 0) is 19.1 Å². The van der Waals surface area contributed by atoms with Gasteiger partial charge in [0.25, 0.3) is 0 Å². The van der Waals surface area contributed by atoms with Gasteiger partial charge in [0.1, 0.15) is 11.6 Å². The molecule has 1 atom stereocenters. The molecule has 0 aliphatic carbocycles. The number of nitrogens with zero attached hydrogens (tertiary/aromatic N) is 2. The molecule has 1 aromatic heterocycles. The summed E-state index contributed by atoms with van der Waals surface area (Å²) in [6, 6.07) is 7.86. The van der Waals surface area contributed by atoms with Crippen molar-refractivity contribution in [2.45, 2.75) is 64.5 Å². The molecule has 2 saturated heterocycles. The molecular weight excluding hydrogens is 394 g/mol. The van der Waals surface area contributed by atoms with Crippen molar-refractivity contribution in [1.82, 2.24) is 9.88 Å². The van der Waals surface area contributed by atoms with Crippen LogP contribution in [0.5, 0.6) is 0 Å². The van der Waals surface area contributed by atoms with Gasteiger partial charge in [-0.1, -0.05) is 6.07 Å². The van der Waals surface area contributed by atoms with Gasteiger partial charge in [0.15, 0.2) is 0 Å². The summed E-state index contributed by atoms with van der Waals surface area (Å²) >= 11 is 0. The van der Waals surface area contributed by atoms with Crippen LogP contribution < -0.4 is 10.2 Å². The Morgan fingerprint density at radius 2 is 1.87 bits per heavy atom. The highest BCUT2D eigenvalue weighted by atomic mass is 16.6. The molecule has 31 heavy (non-hydrogen) atoms. The smallest absolute Gasteiger partial charge is 0.306 e. The summed E-state index contributed by atoms with van der Waals surface area (Å²) in [6.45, 7) is 7.46. The van der Waals surface area contributed by atoms with Crippen LogP contribution in [0, 0.1) is 5.92 Å². The number of anilines is 1. The van der Waals surface area contributed by atoms with Gasteiger partial charge < -0.3 is 14.2 Å². The van der Waals surface area contributed by atoms with E-state index in [2.05, 4.69) is 22.3 Å². The second-order valence-corrected chi connectivity index (χ2v) is 9.62. The number of nitrogens with one attached hydrogen (secondary N) is 1. The van der Waals surface area contributed by atoms with Crippen LogP contribution in [0.3, 0.4) is 0 Å². The zero-order valence-electron chi connectivity index (χ0n) is 18.5. The highest BCUT2D eigenvalue weighted by molar-refractivity contribution is 6.01. The van der Waals surface area contributed by atoms with E-state index in [0.29, 0.717) is 25.2 Å². The number of amides is 2. The number of piperidine rings is 2. The minimum absolute atomic E-state index is 0.116. The quantitative estimate of drug-likeness (QED) is 0.598. The summed E-state index contributed by atoms with van der Waals surface area (Å²) in [5, 5.41) is 3.56. The standard InChI is InChI=1S/C24H31N3O4/c1-24(2,3)31-22(29)15-16-9-12-26(13-10-16)18-5-4-6-19-17(18)11-14-27(19)20-7-8-21(28)25-23(20)30/h4-6,11,14,16,20H,7-10,12-13,15H2,1-3H3,(H,25,28,30)/t20-/m1/s1. The molecule has 2 aromatic rings. The van der Waals surface area contributed by atoms with Crippen molar-refractivity contribution in [3.63, 3.8) is 0 Å². The van der Waals surface area contributed by atoms with E-state index in [1.165, 1.54) is 0 Å². The molecule has 4 rings (SSSR count). The fraction of sp³-hybridized carbons (Fsp3) is 0.542. The van der Waals surface area contributed by atoms with Crippen molar-refractivity contribution < 1.29 is 19.1 Å². The van der Waals surface area contributed by atoms with Crippen LogP contribution in [0.1, 0.15) is 58.9 Å². The maximum absolute atomic E-state index is 12.3. The van der Waals surface area contributed by atoms with Crippen LogP contribution in [0.15, 0.2) is 30.5 Å². The van der Waals surface area contributed by atoms with Crippen LogP contribution >= 0.6 is 0 Å². The topological polar surface area (TPSA) is 80.6 Å². The number of fused-ring (bicyclic) bond motifs is 1. The molecule has 1 aromatic carbocycles. The minimum Gasteiger partial charge on any atom is -0.460 e. The average Bonchev–Trinajstić information content (AvgIpc) is 3.11. The Balaban J connectivity index is 1.45. The number of aromatic nitrogens is 1. The molecule has 3 heterocycles. The Hall–Kier alpha value is -2.83. The molecule has 7 nitrogen and oxygen atoms in total. The lowest BCUT2D eigenvalue weighted by Gasteiger charge is -2.34. The first-order valence-corrected chi connectivity index (χ1v) is 11.1. The molecule has 1 N–H and O–H groups in total. The fourth-order valence-electron chi connectivity index (χ4n) is 4.66. The Morgan fingerprint density at radius 3 is 2.55 bits per heavy atom. The molecule has 0 spiro atoms. The lowest BCUT2D eigenvalue weighted by Crippen LogP contribution is -2.41. The third kappa shape index (κ3) is 4.75. The Labute approximate surface area is 182 Å². The summed E-state index contributed by atoms with van der Waals surface area (Å²) in [5.41, 5.74) is 1.71. The summed E-state index contributed by atoms with van der Waals surface area (Å²) < 4.78 is 7.46. The number of ether oxygens (including phenoxy) is 1. The minimum atomic E-state index is -0.441. The molecule has 2 fully saturated rings. The largest absolute Gasteiger partial charge is 0.460 e. The fourth-order valence-corrected chi connectivity index (χ4v) is 4.66. The van der Waals surface area contributed by atoms with Crippen LogP contribution in [-0.4, -0.2) is 41.0 Å². The van der Waals surface area contributed by atoms with Crippen LogP contribution in [0.25, 0.3) is 10.9 Å². The highest BCUT2D eigenvalue weighted by Crippen LogP contribution is 2.34. The molecule has 0 radical (unpaired) electrons. The number of imide groups is 1. The van der Waals surface area contributed by atoms with Gasteiger partial charge in [0, 0.05) is 43.2 Å². The van der Waals surface area contributed by atoms with Gasteiger partial charge in [-0.25, -0.2) is 0 Å². The van der Waals surface area contributed by atoms with E-state index >= 15 is 0 Å². The summed E-state index contributed by atoms with van der Waals surface area (Å²) in [7, 11) is 0. The molecule has 0 bridgehead atoms.